The molecule has 14 heteroatoms. The van der Waals surface area contributed by atoms with Crippen molar-refractivity contribution >= 4 is 42.3 Å². The number of aliphatic hydroxyl groups is 1. The van der Waals surface area contributed by atoms with Crippen LogP contribution in [0, 0.1) is 5.92 Å². The monoisotopic (exact) mass is 477 g/mol. The molecule has 0 aromatic heterocycles. The molecular formula is C18H35N7O6S. The minimum Gasteiger partial charge on any atom is -0.480 e. The van der Waals surface area contributed by atoms with Crippen molar-refractivity contribution in [2.24, 2.45) is 28.1 Å². The van der Waals surface area contributed by atoms with Gasteiger partial charge in [0.25, 0.3) is 0 Å². The highest BCUT2D eigenvalue weighted by Crippen LogP contribution is 2.09. The molecule has 5 atom stereocenters. The van der Waals surface area contributed by atoms with Crippen LogP contribution >= 0.6 is 12.6 Å². The molecule has 0 heterocycles. The van der Waals surface area contributed by atoms with Gasteiger partial charge in [0, 0.05) is 12.3 Å². The number of guanidine groups is 1. The molecule has 0 spiro atoms. The van der Waals surface area contributed by atoms with E-state index in [1.54, 1.807) is 6.92 Å². The summed E-state index contributed by atoms with van der Waals surface area (Å²) < 4.78 is 0. The molecule has 184 valence electrons. The van der Waals surface area contributed by atoms with Crippen LogP contribution in [-0.4, -0.2) is 82.9 Å². The Morgan fingerprint density at radius 1 is 1.03 bits per heavy atom. The SMILES string of the molecule is CCC(C)C(NC(=O)C(N)CCCN=C(N)N)C(=O)NC(CO)C(=O)NC(CS)C(=O)O. The quantitative estimate of drug-likeness (QED) is 0.0501. The van der Waals surface area contributed by atoms with Gasteiger partial charge in [-0.15, -0.1) is 0 Å². The molecule has 0 aliphatic rings. The summed E-state index contributed by atoms with van der Waals surface area (Å²) in [5.41, 5.74) is 16.3. The first-order valence-electron chi connectivity index (χ1n) is 10.1. The summed E-state index contributed by atoms with van der Waals surface area (Å²) in [4.78, 5) is 52.3. The maximum atomic E-state index is 12.8. The third-order valence-corrected chi connectivity index (χ3v) is 5.08. The minimum absolute atomic E-state index is 0.0666. The van der Waals surface area contributed by atoms with E-state index in [1.165, 1.54) is 0 Å². The fraction of sp³-hybridized carbons (Fsp3) is 0.722. The van der Waals surface area contributed by atoms with Gasteiger partial charge in [0.05, 0.1) is 12.6 Å². The van der Waals surface area contributed by atoms with Gasteiger partial charge >= 0.3 is 5.97 Å². The van der Waals surface area contributed by atoms with E-state index in [1.807, 2.05) is 6.92 Å². The molecular weight excluding hydrogens is 442 g/mol. The van der Waals surface area contributed by atoms with E-state index in [-0.39, 0.29) is 24.1 Å². The van der Waals surface area contributed by atoms with Crippen LogP contribution in [-0.2, 0) is 19.2 Å². The predicted octanol–water partition coefficient (Wildman–Crippen LogP) is -3.13. The number of carbonyl (C=O) groups is 4. The molecule has 3 amide bonds. The van der Waals surface area contributed by atoms with Crippen LogP contribution in [0.1, 0.15) is 33.1 Å². The number of hydrogen-bond acceptors (Lipinski definition) is 8. The van der Waals surface area contributed by atoms with Crippen LogP contribution in [0.15, 0.2) is 4.99 Å². The number of carbonyl (C=O) groups excluding carboxylic acids is 3. The number of carboxylic acids is 1. The fourth-order valence-corrected chi connectivity index (χ4v) is 2.77. The van der Waals surface area contributed by atoms with Crippen LogP contribution in [0.5, 0.6) is 0 Å². The lowest BCUT2D eigenvalue weighted by Crippen LogP contribution is -2.59. The second kappa shape index (κ2) is 15.3. The highest BCUT2D eigenvalue weighted by molar-refractivity contribution is 7.80. The lowest BCUT2D eigenvalue weighted by Gasteiger charge is -2.27. The van der Waals surface area contributed by atoms with E-state index in [2.05, 4.69) is 33.6 Å². The summed E-state index contributed by atoms with van der Waals surface area (Å²) in [5, 5.41) is 25.6. The van der Waals surface area contributed by atoms with E-state index in [9.17, 15) is 24.3 Å². The van der Waals surface area contributed by atoms with E-state index < -0.39 is 54.5 Å². The number of amides is 3. The third-order valence-electron chi connectivity index (χ3n) is 4.71. The second-order valence-electron chi connectivity index (χ2n) is 7.25. The van der Waals surface area contributed by atoms with Gasteiger partial charge in [-0.1, -0.05) is 20.3 Å². The second-order valence-corrected chi connectivity index (χ2v) is 7.62. The van der Waals surface area contributed by atoms with E-state index in [4.69, 9.17) is 22.3 Å². The van der Waals surface area contributed by atoms with Gasteiger partial charge in [0.2, 0.25) is 17.7 Å². The van der Waals surface area contributed by atoms with E-state index in [0.717, 1.165) is 0 Å². The average molecular weight is 478 g/mol. The molecule has 13 nitrogen and oxygen atoms in total. The zero-order valence-corrected chi connectivity index (χ0v) is 19.2. The summed E-state index contributed by atoms with van der Waals surface area (Å²) in [6.45, 7) is 3.06. The topological polar surface area (TPSA) is 235 Å². The molecule has 0 saturated heterocycles. The molecule has 0 fully saturated rings. The van der Waals surface area contributed by atoms with Gasteiger partial charge < -0.3 is 43.4 Å². The van der Waals surface area contributed by atoms with Crippen LogP contribution < -0.4 is 33.2 Å². The maximum Gasteiger partial charge on any atom is 0.327 e. The Morgan fingerprint density at radius 3 is 2.09 bits per heavy atom. The number of aliphatic imine (C=N–C) groups is 1. The molecule has 32 heavy (non-hydrogen) atoms. The van der Waals surface area contributed by atoms with Gasteiger partial charge in [-0.05, 0) is 18.8 Å². The Labute approximate surface area is 192 Å². The standard InChI is InChI=1S/C18H35N7O6S/c1-3-9(2)13(25-14(27)10(19)5-4-6-22-18(20)21)16(29)23-11(7-26)15(28)24-12(8-32)17(30)31/h9-13,26,32H,3-8,19H2,1-2H3,(H,23,29)(H,24,28)(H,25,27)(H,30,31)(H4,20,21,22). The predicted molar refractivity (Wildman–Crippen MR) is 122 cm³/mol. The Balaban J connectivity index is 5.12. The van der Waals surface area contributed by atoms with Crippen LogP contribution in [0.3, 0.4) is 0 Å². The number of thiol groups is 1. The van der Waals surface area contributed by atoms with Gasteiger partial charge in [-0.2, -0.15) is 12.6 Å². The number of nitrogens with two attached hydrogens (primary N) is 3. The molecule has 0 rings (SSSR count). The van der Waals surface area contributed by atoms with Crippen molar-refractivity contribution in [2.45, 2.75) is 57.3 Å². The zero-order chi connectivity index (χ0) is 24.8. The fourth-order valence-electron chi connectivity index (χ4n) is 2.53. The molecule has 5 unspecified atom stereocenters. The number of nitrogens with one attached hydrogen (secondary N) is 3. The van der Waals surface area contributed by atoms with Crippen molar-refractivity contribution < 1.29 is 29.4 Å². The molecule has 0 radical (unpaired) electrons. The molecule has 0 aliphatic carbocycles. The highest BCUT2D eigenvalue weighted by atomic mass is 32.1. The highest BCUT2D eigenvalue weighted by Gasteiger charge is 2.31. The number of aliphatic hydroxyl groups excluding tert-OH is 1. The van der Waals surface area contributed by atoms with E-state index in [0.29, 0.717) is 19.4 Å². The van der Waals surface area contributed by atoms with Crippen molar-refractivity contribution in [1.82, 2.24) is 16.0 Å². The maximum absolute atomic E-state index is 12.8. The molecule has 0 bridgehead atoms. The Kier molecular flexibility index (Phi) is 14.0. The van der Waals surface area contributed by atoms with Crippen LogP contribution in [0.4, 0.5) is 0 Å². The van der Waals surface area contributed by atoms with Gasteiger partial charge in [-0.3, -0.25) is 19.4 Å². The third kappa shape index (κ3) is 10.6. The number of hydrogen-bond donors (Lipinski definition) is 9. The molecule has 11 N–H and O–H groups in total. The van der Waals surface area contributed by atoms with Crippen molar-refractivity contribution in [3.8, 4) is 0 Å². The van der Waals surface area contributed by atoms with Crippen LogP contribution in [0.2, 0.25) is 0 Å². The van der Waals surface area contributed by atoms with Gasteiger partial charge in [0.15, 0.2) is 5.96 Å². The zero-order valence-electron chi connectivity index (χ0n) is 18.3. The first-order valence-corrected chi connectivity index (χ1v) is 10.8. The summed E-state index contributed by atoms with van der Waals surface area (Å²) in [7, 11) is 0. The number of aliphatic carboxylic acids is 1. The smallest absolute Gasteiger partial charge is 0.327 e. The Hall–Kier alpha value is -2.58. The Bertz CT molecular complexity index is 674. The van der Waals surface area contributed by atoms with Crippen molar-refractivity contribution in [1.29, 1.82) is 0 Å². The lowest BCUT2D eigenvalue weighted by molar-refractivity contribution is -0.142. The average Bonchev–Trinajstić information content (AvgIpc) is 2.75. The first-order chi connectivity index (χ1) is 15.0. The molecule has 0 aromatic carbocycles. The summed E-state index contributed by atoms with van der Waals surface area (Å²) in [5.74, 6) is -4.06. The van der Waals surface area contributed by atoms with Gasteiger partial charge in [0.1, 0.15) is 18.1 Å². The largest absolute Gasteiger partial charge is 0.480 e. The lowest BCUT2D eigenvalue weighted by atomic mass is 9.97. The van der Waals surface area contributed by atoms with Gasteiger partial charge in [-0.25, -0.2) is 4.79 Å². The minimum atomic E-state index is -1.42. The van der Waals surface area contributed by atoms with Crippen molar-refractivity contribution in [3.63, 3.8) is 0 Å². The number of rotatable bonds is 15. The first kappa shape index (κ1) is 29.4. The molecule has 0 aromatic rings. The van der Waals surface area contributed by atoms with Crippen molar-refractivity contribution in [3.05, 3.63) is 0 Å². The summed E-state index contributed by atoms with van der Waals surface area (Å²) in [6.07, 6.45) is 1.25. The van der Waals surface area contributed by atoms with E-state index >= 15 is 0 Å². The van der Waals surface area contributed by atoms with Crippen molar-refractivity contribution in [2.75, 3.05) is 18.9 Å². The molecule has 0 saturated carbocycles. The number of carboxylic acid groups (broad SMARTS) is 1. The molecule has 0 aliphatic heterocycles. The summed E-state index contributed by atoms with van der Waals surface area (Å²) >= 11 is 3.84. The normalized spacial score (nSPS) is 15.4. The summed E-state index contributed by atoms with van der Waals surface area (Å²) in [6, 6.07) is -4.65. The van der Waals surface area contributed by atoms with Crippen LogP contribution in [0.25, 0.3) is 0 Å². The Morgan fingerprint density at radius 2 is 1.62 bits per heavy atom. The number of nitrogens with zero attached hydrogens (tertiary/aromatic N) is 1.